The van der Waals surface area contributed by atoms with Crippen LogP contribution in [0.5, 0.6) is 11.5 Å². The molecule has 450 valence electrons. The Morgan fingerprint density at radius 3 is 1.27 bits per heavy atom. The Labute approximate surface area is 500 Å². The molecular weight excluding hydrogens is 1290 g/mol. The number of carboxylic acid groups (broad SMARTS) is 2. The fourth-order valence-electron chi connectivity index (χ4n) is 14.4. The van der Waals surface area contributed by atoms with Crippen LogP contribution >= 0.6 is 18.8 Å². The van der Waals surface area contributed by atoms with Crippen LogP contribution in [0, 0.1) is 34.5 Å². The summed E-state index contributed by atoms with van der Waals surface area (Å²) in [6, 6.07) is 30.1. The number of carboxylic acids is 2. The molecule has 0 heterocycles. The van der Waals surface area contributed by atoms with E-state index in [0.717, 1.165) is 77.0 Å². The van der Waals surface area contributed by atoms with Crippen LogP contribution in [0.3, 0.4) is 0 Å². The van der Waals surface area contributed by atoms with E-state index in [1.807, 2.05) is 60.7 Å². The van der Waals surface area contributed by atoms with Crippen molar-refractivity contribution < 1.29 is 84.0 Å². The second-order valence-corrected chi connectivity index (χ2v) is 25.9. The van der Waals surface area contributed by atoms with E-state index in [0.29, 0.717) is 58.1 Å². The van der Waals surface area contributed by atoms with Crippen LogP contribution in [0.2, 0.25) is 0 Å². The first-order valence-electron chi connectivity index (χ1n) is 27.9. The molecule has 0 bridgehead atoms. The van der Waals surface area contributed by atoms with Crippen molar-refractivity contribution in [1.82, 2.24) is 10.6 Å². The topological polar surface area (TPSA) is 305 Å². The molecule has 8 N–H and O–H groups in total. The third-order valence-electron chi connectivity index (χ3n) is 18.2. The number of hydrogen-bond donors (Lipinski definition) is 4. The van der Waals surface area contributed by atoms with Gasteiger partial charge in [0.05, 0.1) is 24.0 Å². The molecule has 6 unspecified atom stereocenters. The van der Waals surface area contributed by atoms with E-state index in [2.05, 4.69) is 36.6 Å². The van der Waals surface area contributed by atoms with Gasteiger partial charge in [-0.25, -0.2) is 9.59 Å². The van der Waals surface area contributed by atoms with Crippen LogP contribution in [0.4, 0.5) is 0 Å². The molecule has 0 aliphatic heterocycles. The largest absolute Gasteiger partial charge is 0.693 e. The Kier molecular flexibility index (Phi) is 23.9. The Morgan fingerprint density at radius 1 is 0.530 bits per heavy atom. The van der Waals surface area contributed by atoms with Crippen LogP contribution in [0.1, 0.15) is 159 Å². The number of aliphatic carboxylic acids is 2. The Hall–Kier alpha value is -6.17. The molecule has 0 aromatic heterocycles. The number of halogens is 2. The average molecular weight is 1370 g/mol. The second-order valence-electron chi connectivity index (χ2n) is 22.7. The zero-order chi connectivity index (χ0) is 57.8. The molecule has 21 heteroatoms. The Balaban J connectivity index is 0.000000249. The number of carbonyl (C=O) groups excluding carboxylic acids is 6. The normalized spacial score (nSPS) is 25.5. The predicted molar refractivity (Wildman–Crippen MR) is 307 cm³/mol. The molecule has 10 atom stereocenters. The summed E-state index contributed by atoms with van der Waals surface area (Å²) in [4.78, 5) is 94.8. The number of esters is 4. The summed E-state index contributed by atoms with van der Waals surface area (Å²) in [7, 11) is 9.75. The van der Waals surface area contributed by atoms with E-state index < -0.39 is 52.2 Å². The number of amides is 2. The van der Waals surface area contributed by atoms with Crippen LogP contribution in [-0.2, 0) is 67.6 Å². The molecule has 0 radical (unpaired) electrons. The van der Waals surface area contributed by atoms with Gasteiger partial charge >= 0.3 is 71.1 Å². The van der Waals surface area contributed by atoms with Gasteiger partial charge in [-0.3, -0.25) is 28.8 Å². The van der Waals surface area contributed by atoms with Crippen LogP contribution in [0.25, 0.3) is 12.3 Å². The quantitative estimate of drug-likeness (QED) is 0.0599. The van der Waals surface area contributed by atoms with E-state index in [4.69, 9.17) is 48.0 Å². The van der Waals surface area contributed by atoms with E-state index in [1.165, 1.54) is 22.3 Å². The van der Waals surface area contributed by atoms with Gasteiger partial charge in [0.1, 0.15) is 36.8 Å². The average Bonchev–Trinajstić information content (AvgIpc) is 4.08. The summed E-state index contributed by atoms with van der Waals surface area (Å²) < 4.78 is 23.1. The number of nitrogens with one attached hydrogen (secondary N) is 2. The van der Waals surface area contributed by atoms with Crippen molar-refractivity contribution in [2.75, 3.05) is 13.1 Å². The third kappa shape index (κ3) is 16.2. The molecule has 2 amide bonds. The van der Waals surface area contributed by atoms with Gasteiger partial charge in [0, 0.05) is 23.7 Å². The predicted octanol–water partition coefficient (Wildman–Crippen LogP) is 12.1. The van der Waals surface area contributed by atoms with E-state index in [-0.39, 0.29) is 86.1 Å². The summed E-state index contributed by atoms with van der Waals surface area (Å²) in [5.74, 6) is -0.764. The van der Waals surface area contributed by atoms with Crippen LogP contribution in [-0.4, -0.2) is 83.1 Å². The van der Waals surface area contributed by atoms with E-state index in [1.54, 1.807) is 24.3 Å². The van der Waals surface area contributed by atoms with Crippen molar-refractivity contribution in [2.24, 2.45) is 34.5 Å². The standard InChI is InChI=1S/2C31H35NO7.2ClH.2H2N.Pt/c2*1-31-16-15-23-22-10-8-21(38-30(37)19-5-3-2-4-6-19)17-20(22)7-9-24(23)25(31)11-12-26(31)39-29(36)18-32-27(33)13-14-28(34)35;;;;;/h2*2-6,8,10,17,23-26H,7,9,11-16,18H2,1H3,(H,32,33)(H,34,35);2*1H;2*1H2;/q;;;;2*-1;+4/p-2/t2*23?,24?,25?,26-,31-;;;;;/m11...../s1. The summed E-state index contributed by atoms with van der Waals surface area (Å²) >= 11 is -0.472. The molecule has 4 aromatic rings. The van der Waals surface area contributed by atoms with Gasteiger partial charge in [0.2, 0.25) is 11.8 Å². The maximum atomic E-state index is 12.5. The molecule has 83 heavy (non-hydrogen) atoms. The monoisotopic (exact) mass is 1360 g/mol. The summed E-state index contributed by atoms with van der Waals surface area (Å²) in [6.07, 6.45) is 10.3. The number of aryl methyl sites for hydroxylation is 2. The minimum atomic E-state index is -1.05. The fourth-order valence-corrected chi connectivity index (χ4v) is 14.4. The minimum absolute atomic E-state index is 0. The van der Waals surface area contributed by atoms with Gasteiger partial charge in [-0.2, -0.15) is 0 Å². The third-order valence-corrected chi connectivity index (χ3v) is 18.2. The Morgan fingerprint density at radius 2 is 0.904 bits per heavy atom. The van der Waals surface area contributed by atoms with Gasteiger partial charge in [-0.05, 0) is 183 Å². The molecule has 6 aliphatic rings. The molecule has 6 aliphatic carbocycles. The number of carbonyl (C=O) groups is 8. The molecular formula is C62H74Cl2N4O14Pt. The zero-order valence-corrected chi connectivity index (χ0v) is 50.4. The first-order valence-corrected chi connectivity index (χ1v) is 33.5. The first-order chi connectivity index (χ1) is 38.9. The van der Waals surface area contributed by atoms with Crippen molar-refractivity contribution in [1.29, 1.82) is 0 Å². The van der Waals surface area contributed by atoms with Crippen molar-refractivity contribution in [3.8, 4) is 11.5 Å². The number of rotatable bonds is 16. The van der Waals surface area contributed by atoms with Gasteiger partial charge < -0.3 is 52.1 Å². The summed E-state index contributed by atoms with van der Waals surface area (Å²) in [6.45, 7) is 4.00. The van der Waals surface area contributed by atoms with Crippen molar-refractivity contribution in [3.63, 3.8) is 0 Å². The van der Waals surface area contributed by atoms with Crippen molar-refractivity contribution in [3.05, 3.63) is 143 Å². The Bertz CT molecular complexity index is 2760. The molecule has 4 saturated carbocycles. The van der Waals surface area contributed by atoms with Gasteiger partial charge in [-0.1, -0.05) is 62.4 Å². The van der Waals surface area contributed by atoms with E-state index >= 15 is 0 Å². The smallest absolute Gasteiger partial charge is 0.693 e. The van der Waals surface area contributed by atoms with Gasteiger partial charge in [-0.15, -0.1) is 0 Å². The van der Waals surface area contributed by atoms with Crippen LogP contribution in [0.15, 0.2) is 97.1 Å². The zero-order valence-electron chi connectivity index (χ0n) is 46.6. The molecule has 10 rings (SSSR count). The van der Waals surface area contributed by atoms with Crippen molar-refractivity contribution in [2.45, 2.75) is 141 Å². The minimum Gasteiger partial charge on any atom is -0.693 e. The van der Waals surface area contributed by atoms with Gasteiger partial charge in [0.15, 0.2) is 0 Å². The van der Waals surface area contributed by atoms with Crippen LogP contribution < -0.4 is 20.1 Å². The molecule has 4 fully saturated rings. The number of ether oxygens (including phenoxy) is 4. The number of hydrogen-bond acceptors (Lipinski definition) is 12. The summed E-state index contributed by atoms with van der Waals surface area (Å²) in [5.41, 5.74) is 6.03. The number of fused-ring (bicyclic) bond motifs is 10. The SMILES string of the molecule is C[C@@]12CCC3c4ccc(OC(=O)c5ccccc5)cc4CCC3C1CC[C@H]2OC(=O)CNC(=O)CCC(=O)O.C[C@@]12CCC3c4ccc(OC(=O)c5ccccc5)cc4CCC3C1CC[C@H]2OC(=O)CNC(=O)CCC(=O)O.[Cl][Pt+2][Cl].[NH2-].[NH2-]. The number of nitrogens with two attached hydrogens (primary N) is 2. The summed E-state index contributed by atoms with van der Waals surface area (Å²) in [5, 5.41) is 22.3. The maximum Gasteiger partial charge on any atom is -0.693 e. The maximum absolute atomic E-state index is 12.5. The first kappa shape index (κ1) is 66.0. The van der Waals surface area contributed by atoms with Crippen molar-refractivity contribution >= 4 is 66.5 Å². The molecule has 18 nitrogen and oxygen atoms in total. The molecule has 0 saturated heterocycles. The second kappa shape index (κ2) is 30.1. The number of benzene rings is 4. The molecule has 0 spiro atoms. The fraction of sp³-hybridized carbons (Fsp3) is 0.484. The van der Waals surface area contributed by atoms with E-state index in [9.17, 15) is 38.4 Å². The van der Waals surface area contributed by atoms with Gasteiger partial charge in [0.25, 0.3) is 0 Å². The molecule has 4 aromatic carbocycles.